The van der Waals surface area contributed by atoms with Crippen LogP contribution in [-0.2, 0) is 16.2 Å². The highest BCUT2D eigenvalue weighted by molar-refractivity contribution is 14.1. The molecule has 0 spiro atoms. The summed E-state index contributed by atoms with van der Waals surface area (Å²) < 4.78 is 1.35. The molecule has 0 aromatic heterocycles. The van der Waals surface area contributed by atoms with E-state index in [1.165, 1.54) is 37.0 Å². The Morgan fingerprint density at radius 1 is 0.412 bits per heavy atom. The minimum absolute atomic E-state index is 0.116. The van der Waals surface area contributed by atoms with Gasteiger partial charge >= 0.3 is 0 Å². The number of hydrogen-bond acceptors (Lipinski definition) is 0. The molecular formula is C33H35I. The zero-order valence-corrected chi connectivity index (χ0v) is 23.4. The van der Waals surface area contributed by atoms with E-state index in [2.05, 4.69) is 167 Å². The van der Waals surface area contributed by atoms with Crippen molar-refractivity contribution in [3.05, 3.63) is 140 Å². The summed E-state index contributed by atoms with van der Waals surface area (Å²) in [5.41, 5.74) is 7.79. The van der Waals surface area contributed by atoms with Crippen molar-refractivity contribution in [3.63, 3.8) is 0 Å². The second-order valence-corrected chi connectivity index (χ2v) is 11.9. The van der Waals surface area contributed by atoms with E-state index in [4.69, 9.17) is 0 Å². The average molecular weight is 559 g/mol. The van der Waals surface area contributed by atoms with Crippen LogP contribution >= 0.6 is 22.6 Å². The Balaban J connectivity index is 2.01. The fourth-order valence-electron chi connectivity index (χ4n) is 4.94. The van der Waals surface area contributed by atoms with E-state index in [1.54, 1.807) is 0 Å². The van der Waals surface area contributed by atoms with Gasteiger partial charge in [0.05, 0.1) is 0 Å². The van der Waals surface area contributed by atoms with Gasteiger partial charge in [-0.05, 0) is 56.0 Å². The smallest absolute Gasteiger partial charge is 0.0212 e. The summed E-state index contributed by atoms with van der Waals surface area (Å²) in [5, 5.41) is 0. The molecule has 1 heteroatoms. The van der Waals surface area contributed by atoms with Gasteiger partial charge in [0, 0.05) is 19.8 Å². The monoisotopic (exact) mass is 558 g/mol. The Hall–Kier alpha value is -2.39. The number of rotatable bonds is 6. The molecule has 4 rings (SSSR count). The van der Waals surface area contributed by atoms with Crippen LogP contribution in [0.3, 0.4) is 0 Å². The minimum Gasteiger partial charge on any atom is -0.0622 e. The second-order valence-electron chi connectivity index (χ2n) is 10.9. The molecule has 4 aromatic rings. The molecule has 0 atom stereocenters. The molecule has 0 radical (unpaired) electrons. The maximum atomic E-state index is 2.60. The molecule has 0 saturated heterocycles. The van der Waals surface area contributed by atoms with Crippen LogP contribution in [0.1, 0.15) is 74.9 Å². The summed E-state index contributed by atoms with van der Waals surface area (Å²) in [6.07, 6.45) is 0. The van der Waals surface area contributed by atoms with E-state index in [9.17, 15) is 0 Å². The topological polar surface area (TPSA) is 0 Å². The van der Waals surface area contributed by atoms with Crippen LogP contribution in [0, 0.1) is 3.57 Å². The van der Waals surface area contributed by atoms with E-state index >= 15 is 0 Å². The van der Waals surface area contributed by atoms with Gasteiger partial charge in [0.15, 0.2) is 0 Å². The van der Waals surface area contributed by atoms with Gasteiger partial charge in [-0.1, -0.05) is 145 Å². The molecule has 0 heterocycles. The Kier molecular flexibility index (Phi) is 6.79. The lowest BCUT2D eigenvalue weighted by Crippen LogP contribution is -2.28. The molecule has 0 bridgehead atoms. The third-order valence-corrected chi connectivity index (χ3v) is 8.79. The molecule has 0 aliphatic rings. The van der Waals surface area contributed by atoms with Crippen LogP contribution in [-0.4, -0.2) is 0 Å². The van der Waals surface area contributed by atoms with E-state index in [0.717, 1.165) is 0 Å². The Morgan fingerprint density at radius 2 is 0.706 bits per heavy atom. The van der Waals surface area contributed by atoms with E-state index < -0.39 is 0 Å². The fraction of sp³-hybridized carbons (Fsp3) is 0.273. The van der Waals surface area contributed by atoms with Gasteiger partial charge in [-0.3, -0.25) is 0 Å². The standard InChI is InChI=1S/C33H35I/c1-31(2,24-16-10-7-11-17-24)27-22-28(32(3,4)25-18-12-8-13-19-25)30(34)29(23-27)33(5,6)26-20-14-9-15-21-26/h7-23H,1-6H3. The lowest BCUT2D eigenvalue weighted by atomic mass is 9.69. The van der Waals surface area contributed by atoms with E-state index in [-0.39, 0.29) is 16.2 Å². The zero-order chi connectivity index (χ0) is 24.6. The first-order valence-electron chi connectivity index (χ1n) is 12.1. The molecule has 0 aliphatic heterocycles. The lowest BCUT2D eigenvalue weighted by Gasteiger charge is -2.36. The number of benzene rings is 4. The van der Waals surface area contributed by atoms with Gasteiger partial charge in [0.25, 0.3) is 0 Å². The summed E-state index contributed by atoms with van der Waals surface area (Å²) >= 11 is 2.60. The van der Waals surface area contributed by atoms with Crippen molar-refractivity contribution in [2.24, 2.45) is 0 Å². The van der Waals surface area contributed by atoms with Crippen LogP contribution in [0.2, 0.25) is 0 Å². The van der Waals surface area contributed by atoms with Crippen molar-refractivity contribution < 1.29 is 0 Å². The molecule has 0 fully saturated rings. The van der Waals surface area contributed by atoms with Gasteiger partial charge in [-0.15, -0.1) is 0 Å². The highest BCUT2D eigenvalue weighted by atomic mass is 127. The first-order chi connectivity index (χ1) is 16.1. The largest absolute Gasteiger partial charge is 0.0622 e. The third kappa shape index (κ3) is 4.47. The summed E-state index contributed by atoms with van der Waals surface area (Å²) in [6.45, 7) is 14.1. The van der Waals surface area contributed by atoms with Crippen molar-refractivity contribution >= 4 is 22.6 Å². The summed E-state index contributed by atoms with van der Waals surface area (Å²) in [6, 6.07) is 37.7. The molecule has 0 amide bonds. The van der Waals surface area contributed by atoms with Gasteiger partial charge in [-0.2, -0.15) is 0 Å². The van der Waals surface area contributed by atoms with Crippen molar-refractivity contribution in [1.29, 1.82) is 0 Å². The van der Waals surface area contributed by atoms with Crippen molar-refractivity contribution in [1.82, 2.24) is 0 Å². The molecule has 0 unspecified atom stereocenters. The summed E-state index contributed by atoms with van der Waals surface area (Å²) in [5.74, 6) is 0. The third-order valence-electron chi connectivity index (χ3n) is 7.63. The molecule has 0 saturated carbocycles. The predicted molar refractivity (Wildman–Crippen MR) is 155 cm³/mol. The molecule has 0 N–H and O–H groups in total. The summed E-state index contributed by atoms with van der Waals surface area (Å²) in [4.78, 5) is 0. The first kappa shape index (κ1) is 24.7. The van der Waals surface area contributed by atoms with Crippen LogP contribution in [0.4, 0.5) is 0 Å². The highest BCUT2D eigenvalue weighted by Gasteiger charge is 2.35. The SMILES string of the molecule is CC(C)(c1ccccc1)c1cc(C(C)(C)c2ccccc2)c(I)c(C(C)(C)c2ccccc2)c1. The number of halogens is 1. The van der Waals surface area contributed by atoms with E-state index in [1.807, 2.05) is 0 Å². The fourth-order valence-corrected chi connectivity index (χ4v) is 6.60. The average Bonchev–Trinajstić information content (AvgIpc) is 2.85. The maximum Gasteiger partial charge on any atom is 0.0212 e. The van der Waals surface area contributed by atoms with Crippen molar-refractivity contribution in [3.8, 4) is 0 Å². The molecular weight excluding hydrogens is 523 g/mol. The van der Waals surface area contributed by atoms with Gasteiger partial charge in [0.2, 0.25) is 0 Å². The van der Waals surface area contributed by atoms with Gasteiger partial charge < -0.3 is 0 Å². The van der Waals surface area contributed by atoms with Gasteiger partial charge in [0.1, 0.15) is 0 Å². The quantitative estimate of drug-likeness (QED) is 0.207. The van der Waals surface area contributed by atoms with Crippen molar-refractivity contribution in [2.45, 2.75) is 57.8 Å². The molecule has 0 nitrogen and oxygen atoms in total. The Labute approximate surface area is 219 Å². The molecule has 4 aromatic carbocycles. The van der Waals surface area contributed by atoms with Crippen molar-refractivity contribution in [2.75, 3.05) is 0 Å². The highest BCUT2D eigenvalue weighted by Crippen LogP contribution is 2.44. The molecule has 34 heavy (non-hydrogen) atoms. The molecule has 0 aliphatic carbocycles. The summed E-state index contributed by atoms with van der Waals surface area (Å²) in [7, 11) is 0. The second kappa shape index (κ2) is 9.34. The van der Waals surface area contributed by atoms with Crippen LogP contribution in [0.15, 0.2) is 103 Å². The molecule has 174 valence electrons. The normalized spacial score (nSPS) is 12.6. The predicted octanol–water partition coefficient (Wildman–Crippen LogP) is 9.27. The van der Waals surface area contributed by atoms with Crippen LogP contribution < -0.4 is 0 Å². The lowest BCUT2D eigenvalue weighted by molar-refractivity contribution is 0.590. The zero-order valence-electron chi connectivity index (χ0n) is 21.2. The minimum atomic E-state index is -0.123. The van der Waals surface area contributed by atoms with E-state index in [0.29, 0.717) is 0 Å². The number of hydrogen-bond donors (Lipinski definition) is 0. The maximum absolute atomic E-state index is 2.60. The van der Waals surface area contributed by atoms with Crippen LogP contribution in [0.5, 0.6) is 0 Å². The Bertz CT molecular complexity index is 1180. The first-order valence-corrected chi connectivity index (χ1v) is 13.2. The van der Waals surface area contributed by atoms with Crippen LogP contribution in [0.25, 0.3) is 0 Å². The van der Waals surface area contributed by atoms with Gasteiger partial charge in [-0.25, -0.2) is 0 Å². The Morgan fingerprint density at radius 3 is 1.03 bits per heavy atom.